The highest BCUT2D eigenvalue weighted by Crippen LogP contribution is 2.31. The van der Waals surface area contributed by atoms with E-state index in [0.717, 1.165) is 5.69 Å². The van der Waals surface area contributed by atoms with Crippen LogP contribution < -0.4 is 9.64 Å². The number of esters is 2. The molecule has 0 aliphatic carbocycles. The van der Waals surface area contributed by atoms with Gasteiger partial charge in [-0.3, -0.25) is 9.59 Å². The Morgan fingerprint density at radius 2 is 1.31 bits per heavy atom. The topological polar surface area (TPSA) is 115 Å². The fraction of sp³-hybridized carbons (Fsp3) is 0.286. The maximum absolute atomic E-state index is 11.3. The van der Waals surface area contributed by atoms with Crippen molar-refractivity contribution >= 4 is 52.0 Å². The number of nitrogens with zero attached hydrogens (tertiary/aromatic N) is 5. The molecule has 3 rings (SSSR count). The summed E-state index contributed by atoms with van der Waals surface area (Å²) in [4.78, 5) is 24.4. The number of hydrogen-bond donors (Lipinski definition) is 0. The normalized spacial score (nSPS) is 11.1. The molecule has 39 heavy (non-hydrogen) atoms. The van der Waals surface area contributed by atoms with Gasteiger partial charge in [-0.05, 0) is 60.7 Å². The molecule has 0 unspecified atom stereocenters. The van der Waals surface area contributed by atoms with E-state index in [1.165, 1.54) is 0 Å². The van der Waals surface area contributed by atoms with E-state index in [9.17, 15) is 9.59 Å². The van der Waals surface area contributed by atoms with E-state index in [0.29, 0.717) is 53.1 Å². The first-order chi connectivity index (χ1) is 18.9. The molecular formula is C28H30ClN5O5. The van der Waals surface area contributed by atoms with Crippen molar-refractivity contribution in [3.05, 3.63) is 71.8 Å². The van der Waals surface area contributed by atoms with E-state index in [1.54, 1.807) is 56.3 Å². The zero-order chi connectivity index (χ0) is 28.0. The minimum atomic E-state index is -0.345. The van der Waals surface area contributed by atoms with Crippen LogP contribution in [0.4, 0.5) is 28.4 Å². The Bertz CT molecular complexity index is 1300. The van der Waals surface area contributed by atoms with Crippen molar-refractivity contribution in [2.75, 3.05) is 31.9 Å². The van der Waals surface area contributed by atoms with E-state index in [4.69, 9.17) is 25.8 Å². The zero-order valence-corrected chi connectivity index (χ0v) is 22.8. The summed E-state index contributed by atoms with van der Waals surface area (Å²) in [6, 6.07) is 19.6. The second-order valence-electron chi connectivity index (χ2n) is 8.17. The first-order valence-electron chi connectivity index (χ1n) is 12.4. The predicted molar refractivity (Wildman–Crippen MR) is 149 cm³/mol. The largest absolute Gasteiger partial charge is 0.464 e. The van der Waals surface area contributed by atoms with Gasteiger partial charge in [0, 0.05) is 31.6 Å². The van der Waals surface area contributed by atoms with Gasteiger partial charge in [0.25, 0.3) is 0 Å². The van der Waals surface area contributed by atoms with Gasteiger partial charge in [-0.2, -0.15) is 15.3 Å². The van der Waals surface area contributed by atoms with Gasteiger partial charge in [0.1, 0.15) is 18.0 Å². The Labute approximate surface area is 232 Å². The lowest BCUT2D eigenvalue weighted by atomic mass is 10.2. The monoisotopic (exact) mass is 551 g/mol. The third kappa shape index (κ3) is 9.82. The standard InChI is InChI=1S/C28H30ClN5O5/c1-4-27(35)37-17-16-34(3)23-12-10-22(11-13-23)31-30-20-6-8-21(9-7-20)32-33-26-15-14-24(18-25(26)29)38-19-39-28(36)5-2/h6-15,18H,4-5,16-17,19H2,1-3H3. The summed E-state index contributed by atoms with van der Waals surface area (Å²) in [5, 5.41) is 17.3. The lowest BCUT2D eigenvalue weighted by Crippen LogP contribution is -2.23. The quantitative estimate of drug-likeness (QED) is 0.121. The van der Waals surface area contributed by atoms with E-state index in [1.807, 2.05) is 36.2 Å². The van der Waals surface area contributed by atoms with Crippen LogP contribution in [0, 0.1) is 0 Å². The maximum atomic E-state index is 11.3. The Morgan fingerprint density at radius 3 is 1.87 bits per heavy atom. The minimum Gasteiger partial charge on any atom is -0.464 e. The molecule has 0 fully saturated rings. The van der Waals surface area contributed by atoms with Crippen LogP contribution in [-0.4, -0.2) is 38.9 Å². The molecule has 0 radical (unpaired) electrons. The molecule has 11 heteroatoms. The highest BCUT2D eigenvalue weighted by atomic mass is 35.5. The van der Waals surface area contributed by atoms with Crippen molar-refractivity contribution in [3.8, 4) is 5.75 Å². The number of carbonyl (C=O) groups excluding carboxylic acids is 2. The molecule has 0 saturated heterocycles. The van der Waals surface area contributed by atoms with Crippen LogP contribution in [-0.2, 0) is 19.1 Å². The smallest absolute Gasteiger partial charge is 0.308 e. The summed E-state index contributed by atoms with van der Waals surface area (Å²) in [5.74, 6) is -0.0957. The molecule has 0 aliphatic heterocycles. The molecule has 0 N–H and O–H groups in total. The molecule has 0 bridgehead atoms. The van der Waals surface area contributed by atoms with E-state index >= 15 is 0 Å². The lowest BCUT2D eigenvalue weighted by molar-refractivity contribution is -0.149. The molecular weight excluding hydrogens is 522 g/mol. The highest BCUT2D eigenvalue weighted by molar-refractivity contribution is 6.33. The Balaban J connectivity index is 1.51. The van der Waals surface area contributed by atoms with Crippen molar-refractivity contribution < 1.29 is 23.8 Å². The van der Waals surface area contributed by atoms with Crippen molar-refractivity contribution in [1.82, 2.24) is 0 Å². The predicted octanol–water partition coefficient (Wildman–Crippen LogP) is 7.85. The summed E-state index contributed by atoms with van der Waals surface area (Å²) in [6.07, 6.45) is 0.652. The van der Waals surface area contributed by atoms with Gasteiger partial charge in [0.2, 0.25) is 6.79 Å². The summed E-state index contributed by atoms with van der Waals surface area (Å²) < 4.78 is 15.4. The fourth-order valence-corrected chi connectivity index (χ4v) is 3.25. The number of hydrogen-bond acceptors (Lipinski definition) is 10. The van der Waals surface area contributed by atoms with Gasteiger partial charge in [0.15, 0.2) is 0 Å². The van der Waals surface area contributed by atoms with Crippen LogP contribution in [0.2, 0.25) is 5.02 Å². The number of anilines is 1. The van der Waals surface area contributed by atoms with Crippen molar-refractivity contribution in [1.29, 1.82) is 0 Å². The molecule has 0 atom stereocenters. The SMILES string of the molecule is CCC(=O)OCCN(C)c1ccc(N=Nc2ccc(N=Nc3ccc(OCOC(=O)CC)cc3Cl)cc2)cc1. The summed E-state index contributed by atoms with van der Waals surface area (Å²) in [7, 11) is 1.93. The average molecular weight is 552 g/mol. The molecule has 0 aromatic heterocycles. The number of benzene rings is 3. The second kappa shape index (κ2) is 15.2. The van der Waals surface area contributed by atoms with Gasteiger partial charge in [-0.15, -0.1) is 5.11 Å². The summed E-state index contributed by atoms with van der Waals surface area (Å²) >= 11 is 6.27. The molecule has 3 aromatic carbocycles. The van der Waals surface area contributed by atoms with Gasteiger partial charge < -0.3 is 19.1 Å². The maximum Gasteiger partial charge on any atom is 0.308 e. The molecule has 0 heterocycles. The van der Waals surface area contributed by atoms with Gasteiger partial charge >= 0.3 is 11.9 Å². The number of rotatable bonds is 13. The molecule has 204 valence electrons. The third-order valence-electron chi connectivity index (χ3n) is 5.33. The average Bonchev–Trinajstić information content (AvgIpc) is 2.96. The summed E-state index contributed by atoms with van der Waals surface area (Å²) in [5.41, 5.74) is 3.44. The van der Waals surface area contributed by atoms with Crippen molar-refractivity contribution in [3.63, 3.8) is 0 Å². The molecule has 0 spiro atoms. The Morgan fingerprint density at radius 1 is 0.769 bits per heavy atom. The van der Waals surface area contributed by atoms with Crippen LogP contribution in [0.25, 0.3) is 0 Å². The second-order valence-corrected chi connectivity index (χ2v) is 8.58. The highest BCUT2D eigenvalue weighted by Gasteiger charge is 2.05. The Kier molecular flexibility index (Phi) is 11.4. The van der Waals surface area contributed by atoms with Crippen LogP contribution in [0.1, 0.15) is 26.7 Å². The lowest BCUT2D eigenvalue weighted by Gasteiger charge is -2.19. The van der Waals surface area contributed by atoms with Crippen LogP contribution >= 0.6 is 11.6 Å². The first-order valence-corrected chi connectivity index (χ1v) is 12.7. The fourth-order valence-electron chi connectivity index (χ4n) is 3.04. The molecule has 0 saturated carbocycles. The summed E-state index contributed by atoms with van der Waals surface area (Å²) in [6.45, 7) is 4.23. The van der Waals surface area contributed by atoms with Gasteiger partial charge in [-0.1, -0.05) is 25.4 Å². The molecule has 3 aromatic rings. The molecule has 10 nitrogen and oxygen atoms in total. The van der Waals surface area contributed by atoms with Crippen molar-refractivity contribution in [2.24, 2.45) is 20.5 Å². The zero-order valence-electron chi connectivity index (χ0n) is 22.0. The third-order valence-corrected chi connectivity index (χ3v) is 5.63. The molecule has 0 amide bonds. The van der Waals surface area contributed by atoms with Crippen LogP contribution in [0.3, 0.4) is 0 Å². The number of azo groups is 2. The number of likely N-dealkylation sites (N-methyl/N-ethyl adjacent to an activating group) is 1. The van der Waals surface area contributed by atoms with E-state index in [2.05, 4.69) is 20.5 Å². The number of carbonyl (C=O) groups is 2. The van der Waals surface area contributed by atoms with E-state index in [-0.39, 0.29) is 25.2 Å². The molecule has 0 aliphatic rings. The van der Waals surface area contributed by atoms with Gasteiger partial charge in [-0.25, -0.2) is 0 Å². The minimum absolute atomic E-state index is 0.185. The van der Waals surface area contributed by atoms with Crippen LogP contribution in [0.5, 0.6) is 5.75 Å². The van der Waals surface area contributed by atoms with Gasteiger partial charge in [0.05, 0.1) is 28.6 Å². The van der Waals surface area contributed by atoms with Crippen molar-refractivity contribution in [2.45, 2.75) is 26.7 Å². The Hall–Kier alpha value is -4.31. The number of halogens is 1. The first kappa shape index (κ1) is 29.2. The van der Waals surface area contributed by atoms with Crippen LogP contribution in [0.15, 0.2) is 87.2 Å². The number of ether oxygens (including phenoxy) is 3. The van der Waals surface area contributed by atoms with E-state index < -0.39 is 0 Å².